The number of rotatable bonds is 4. The van der Waals surface area contributed by atoms with E-state index in [1.54, 1.807) is 0 Å². The average molecular weight is 355 g/mol. The fourth-order valence-electron chi connectivity index (χ4n) is 2.84. The van der Waals surface area contributed by atoms with E-state index in [0.29, 0.717) is 6.54 Å². The van der Waals surface area contributed by atoms with Gasteiger partial charge < -0.3 is 14.2 Å². The molecule has 0 atom stereocenters. The van der Waals surface area contributed by atoms with Gasteiger partial charge in [0.1, 0.15) is 0 Å². The summed E-state index contributed by atoms with van der Waals surface area (Å²) in [6.45, 7) is 4.39. The van der Waals surface area contributed by atoms with E-state index in [2.05, 4.69) is 0 Å². The van der Waals surface area contributed by atoms with Crippen molar-refractivity contribution in [2.75, 3.05) is 17.2 Å². The van der Waals surface area contributed by atoms with Gasteiger partial charge in [-0.3, -0.25) is 0 Å². The molecular weight excluding hydrogens is 337 g/mol. The first-order valence-corrected chi connectivity index (χ1v) is 9.03. The summed E-state index contributed by atoms with van der Waals surface area (Å²) in [5.74, 6) is 1.19. The molecule has 5 nitrogen and oxygen atoms in total. The van der Waals surface area contributed by atoms with Gasteiger partial charge in [0.15, 0.2) is 11.5 Å². The van der Waals surface area contributed by atoms with Crippen LogP contribution in [0.5, 0.6) is 11.5 Å². The van der Waals surface area contributed by atoms with Gasteiger partial charge in [0.05, 0.1) is 21.5 Å². The number of anilines is 2. The number of hydrogen-bond acceptors (Lipinski definition) is 5. The maximum Gasteiger partial charge on any atom is 1.00 e. The summed E-state index contributed by atoms with van der Waals surface area (Å²) >= 11 is 0. The van der Waals surface area contributed by atoms with Gasteiger partial charge in [0.25, 0.3) is 0 Å². The van der Waals surface area contributed by atoms with Gasteiger partial charge in [-0.1, -0.05) is 24.3 Å². The Bertz CT molecular complexity index is 800. The monoisotopic (exact) mass is 355 g/mol. The van der Waals surface area contributed by atoms with Crippen molar-refractivity contribution in [3.05, 3.63) is 47.5 Å². The molecule has 0 aliphatic carbocycles. The van der Waals surface area contributed by atoms with E-state index < -0.39 is 10.1 Å². The van der Waals surface area contributed by atoms with Gasteiger partial charge in [0, 0.05) is 12.3 Å². The summed E-state index contributed by atoms with van der Waals surface area (Å²) < 4.78 is 38.7. The predicted octanol–water partition coefficient (Wildman–Crippen LogP) is 0.487. The van der Waals surface area contributed by atoms with Crippen molar-refractivity contribution in [3.63, 3.8) is 0 Å². The fraction of sp³-hybridized carbons (Fsp3) is 0.294. The summed E-state index contributed by atoms with van der Waals surface area (Å²) in [5.41, 5.74) is 3.81. The third kappa shape index (κ3) is 3.95. The van der Waals surface area contributed by atoms with Crippen LogP contribution in [-0.4, -0.2) is 25.3 Å². The molecule has 2 aromatic rings. The normalized spacial score (nSPS) is 12.7. The van der Waals surface area contributed by atoms with Crippen molar-refractivity contribution in [3.8, 4) is 11.5 Å². The zero-order valence-electron chi connectivity index (χ0n) is 14.1. The summed E-state index contributed by atoms with van der Waals surface area (Å²) in [6, 6.07) is 11.7. The largest absolute Gasteiger partial charge is 1.00 e. The van der Waals surface area contributed by atoms with Crippen molar-refractivity contribution < 1.29 is 47.3 Å². The third-order valence-electron chi connectivity index (χ3n) is 3.94. The molecule has 1 aliphatic rings. The minimum Gasteiger partial charge on any atom is -0.748 e. The zero-order chi connectivity index (χ0) is 16.6. The number of aryl methyl sites for hydroxylation is 2. The van der Waals surface area contributed by atoms with E-state index >= 15 is 0 Å². The molecule has 0 saturated heterocycles. The Morgan fingerprint density at radius 1 is 1.00 bits per heavy atom. The Morgan fingerprint density at radius 3 is 1.96 bits per heavy atom. The first-order chi connectivity index (χ1) is 10.9. The molecule has 0 saturated carbocycles. The summed E-state index contributed by atoms with van der Waals surface area (Å²) in [5, 5.41) is 0. The Morgan fingerprint density at radius 2 is 1.50 bits per heavy atom. The molecule has 3 rings (SSSR count). The quantitative estimate of drug-likeness (QED) is 0.590. The van der Waals surface area contributed by atoms with Crippen molar-refractivity contribution in [1.82, 2.24) is 0 Å². The van der Waals surface area contributed by atoms with E-state index in [0.717, 1.165) is 34.0 Å². The number of ether oxygens (including phenoxy) is 1. The van der Waals surface area contributed by atoms with E-state index in [1.807, 2.05) is 55.1 Å². The number of nitrogens with zero attached hydrogens (tertiary/aromatic N) is 1. The average Bonchev–Trinajstić information content (AvgIpc) is 2.47. The van der Waals surface area contributed by atoms with Crippen LogP contribution in [0.15, 0.2) is 36.4 Å². The smallest absolute Gasteiger partial charge is 0.748 e. The van der Waals surface area contributed by atoms with Gasteiger partial charge in [-0.2, -0.15) is 0 Å². The maximum atomic E-state index is 10.9. The summed E-state index contributed by atoms with van der Waals surface area (Å²) in [4.78, 5) is 2.03. The van der Waals surface area contributed by atoms with Gasteiger partial charge in [-0.15, -0.1) is 0 Å². The van der Waals surface area contributed by atoms with Crippen LogP contribution in [0, 0.1) is 13.8 Å². The van der Waals surface area contributed by atoms with Crippen LogP contribution in [0.2, 0.25) is 0 Å². The molecule has 122 valence electrons. The summed E-state index contributed by atoms with van der Waals surface area (Å²) in [7, 11) is -4.20. The Labute approximate surface area is 164 Å². The number of para-hydroxylation sites is 2. The molecule has 0 fully saturated rings. The van der Waals surface area contributed by atoms with Gasteiger partial charge in [-0.25, -0.2) is 8.42 Å². The van der Waals surface area contributed by atoms with Gasteiger partial charge in [0.2, 0.25) is 0 Å². The standard InChI is InChI=1S/C17H19NO4S.Na/c1-12-6-3-8-14-16(12)22-17-13(2)7-4-9-15(17)18(14)10-5-11-23(19,20)21;/h3-4,6-9H,5,10-11H2,1-2H3,(H,19,20,21);/q;+1/p-1. The minimum absolute atomic E-state index is 0. The molecule has 24 heavy (non-hydrogen) atoms. The molecule has 0 N–H and O–H groups in total. The van der Waals surface area contributed by atoms with E-state index in [4.69, 9.17) is 4.74 Å². The Balaban J connectivity index is 0.00000208. The molecule has 1 heterocycles. The number of hydrogen-bond donors (Lipinski definition) is 0. The van der Waals surface area contributed by atoms with Crippen LogP contribution in [0.4, 0.5) is 11.4 Å². The van der Waals surface area contributed by atoms with Crippen LogP contribution in [-0.2, 0) is 10.1 Å². The number of benzene rings is 2. The topological polar surface area (TPSA) is 69.7 Å². The molecule has 0 spiro atoms. The van der Waals surface area contributed by atoms with Crippen LogP contribution < -0.4 is 39.2 Å². The Hall–Kier alpha value is -1.05. The molecule has 7 heteroatoms. The zero-order valence-corrected chi connectivity index (χ0v) is 16.9. The van der Waals surface area contributed by atoms with E-state index in [-0.39, 0.29) is 41.7 Å². The van der Waals surface area contributed by atoms with Gasteiger partial charge in [-0.05, 0) is 43.5 Å². The molecule has 2 aromatic carbocycles. The van der Waals surface area contributed by atoms with Gasteiger partial charge >= 0.3 is 29.6 Å². The van der Waals surface area contributed by atoms with E-state index in [1.165, 1.54) is 0 Å². The first-order valence-electron chi connectivity index (χ1n) is 7.45. The molecule has 0 bridgehead atoms. The molecule has 1 aliphatic heterocycles. The van der Waals surface area contributed by atoms with Crippen molar-refractivity contribution in [2.45, 2.75) is 20.3 Å². The first kappa shape index (κ1) is 19.3. The molecule has 0 unspecified atom stereocenters. The van der Waals surface area contributed by atoms with Crippen LogP contribution in [0.1, 0.15) is 17.5 Å². The van der Waals surface area contributed by atoms with Crippen LogP contribution in [0.3, 0.4) is 0 Å². The molecule has 0 amide bonds. The third-order valence-corrected chi connectivity index (χ3v) is 4.73. The van der Waals surface area contributed by atoms with Crippen LogP contribution >= 0.6 is 0 Å². The second-order valence-electron chi connectivity index (χ2n) is 5.72. The van der Waals surface area contributed by atoms with Crippen molar-refractivity contribution >= 4 is 21.5 Å². The summed E-state index contributed by atoms with van der Waals surface area (Å²) in [6.07, 6.45) is 0.270. The van der Waals surface area contributed by atoms with Crippen molar-refractivity contribution in [1.29, 1.82) is 0 Å². The predicted molar refractivity (Wildman–Crippen MR) is 88.6 cm³/mol. The fourth-order valence-corrected chi connectivity index (χ4v) is 3.32. The second-order valence-corrected chi connectivity index (χ2v) is 7.24. The minimum atomic E-state index is -4.20. The SMILES string of the molecule is Cc1cccc2c1Oc1c(C)cccc1N2CCCS(=O)(=O)[O-].[Na+]. The maximum absolute atomic E-state index is 10.9. The molecule has 0 aromatic heterocycles. The van der Waals surface area contributed by atoms with Crippen molar-refractivity contribution in [2.24, 2.45) is 0 Å². The Kier molecular flexibility index (Phi) is 5.99. The van der Waals surface area contributed by atoms with Crippen LogP contribution in [0.25, 0.3) is 0 Å². The molecule has 0 radical (unpaired) electrons. The number of fused-ring (bicyclic) bond motifs is 2. The second kappa shape index (κ2) is 7.45. The van der Waals surface area contributed by atoms with E-state index in [9.17, 15) is 13.0 Å². The molecular formula is C17H18NNaO4S.